The highest BCUT2D eigenvalue weighted by atomic mass is 16.6. The van der Waals surface area contributed by atoms with Crippen LogP contribution in [0.25, 0.3) is 0 Å². The maximum Gasteiger partial charge on any atom is 0.407 e. The van der Waals surface area contributed by atoms with Gasteiger partial charge in [-0.1, -0.05) is 36.4 Å². The summed E-state index contributed by atoms with van der Waals surface area (Å²) >= 11 is 0. The Balaban J connectivity index is 2.36. The molecule has 10 nitrogen and oxygen atoms in total. The molecule has 2 rings (SSSR count). The van der Waals surface area contributed by atoms with Crippen LogP contribution in [0, 0.1) is 0 Å². The van der Waals surface area contributed by atoms with Gasteiger partial charge in [-0.15, -0.1) is 0 Å². The number of esters is 1. The molecular formula is C28H40N2O8. The summed E-state index contributed by atoms with van der Waals surface area (Å²) in [6.07, 6.45) is -1.83. The topological polar surface area (TPSA) is 125 Å². The molecule has 210 valence electrons. The Morgan fingerprint density at radius 3 is 2.16 bits per heavy atom. The second-order valence-corrected chi connectivity index (χ2v) is 9.54. The molecule has 0 bridgehead atoms. The summed E-state index contributed by atoms with van der Waals surface area (Å²) in [5, 5.41) is 17.3. The Kier molecular flexibility index (Phi) is 11.7. The molecule has 10 heteroatoms. The standard InChI is InChI=1S/C28H40N2O8/c1-8-37-26(32)22(29-17-19-14-15-21(34-5)25(36-7)24(19)35-6)23(31)20(16-18-12-10-9-11-13-18)30-27(33)38-28(2,3)4/h9-15,20,22-23,29,31H,8,16-17H2,1-7H3,(H,30,33)/t20-,22+,23-/m0/s1. The number of rotatable bonds is 13. The van der Waals surface area contributed by atoms with Gasteiger partial charge in [-0.3, -0.25) is 10.1 Å². The van der Waals surface area contributed by atoms with Crippen molar-refractivity contribution in [1.82, 2.24) is 10.6 Å². The number of aliphatic hydroxyl groups excluding tert-OH is 1. The molecule has 0 spiro atoms. The minimum absolute atomic E-state index is 0.117. The SMILES string of the molecule is CCOC(=O)[C@H](NCc1ccc(OC)c(OC)c1OC)[C@@H](O)[C@H](Cc1ccccc1)NC(=O)OC(C)(C)C. The minimum Gasteiger partial charge on any atom is -0.493 e. The molecule has 0 unspecified atom stereocenters. The highest BCUT2D eigenvalue weighted by Crippen LogP contribution is 2.39. The third-order valence-electron chi connectivity index (χ3n) is 5.59. The van der Waals surface area contributed by atoms with Crippen LogP contribution in [0.5, 0.6) is 17.2 Å². The van der Waals surface area contributed by atoms with Gasteiger partial charge in [0.1, 0.15) is 17.7 Å². The predicted octanol–water partition coefficient (Wildman–Crippen LogP) is 3.23. The van der Waals surface area contributed by atoms with Crippen LogP contribution in [-0.4, -0.2) is 68.9 Å². The summed E-state index contributed by atoms with van der Waals surface area (Å²) in [4.78, 5) is 25.6. The Morgan fingerprint density at radius 2 is 1.61 bits per heavy atom. The van der Waals surface area contributed by atoms with Crippen LogP contribution in [0.1, 0.15) is 38.8 Å². The van der Waals surface area contributed by atoms with Gasteiger partial charge in [0, 0.05) is 12.1 Å². The largest absolute Gasteiger partial charge is 0.493 e. The van der Waals surface area contributed by atoms with E-state index < -0.39 is 35.9 Å². The first-order valence-electron chi connectivity index (χ1n) is 12.4. The van der Waals surface area contributed by atoms with Crippen LogP contribution in [0.15, 0.2) is 42.5 Å². The average molecular weight is 533 g/mol. The summed E-state index contributed by atoms with van der Waals surface area (Å²) in [6.45, 7) is 7.15. The number of carbonyl (C=O) groups excluding carboxylic acids is 2. The lowest BCUT2D eigenvalue weighted by Gasteiger charge is -2.31. The van der Waals surface area contributed by atoms with Crippen molar-refractivity contribution in [3.05, 3.63) is 53.6 Å². The van der Waals surface area contributed by atoms with Gasteiger partial charge in [0.2, 0.25) is 5.75 Å². The van der Waals surface area contributed by atoms with E-state index >= 15 is 0 Å². The Labute approximate surface area is 224 Å². The van der Waals surface area contributed by atoms with Crippen molar-refractivity contribution < 1.29 is 38.4 Å². The molecule has 0 aliphatic carbocycles. The zero-order chi connectivity index (χ0) is 28.3. The molecule has 3 N–H and O–H groups in total. The lowest BCUT2D eigenvalue weighted by Crippen LogP contribution is -2.57. The number of aliphatic hydroxyl groups is 1. The molecule has 0 aliphatic heterocycles. The minimum atomic E-state index is -1.37. The smallest absolute Gasteiger partial charge is 0.407 e. The van der Waals surface area contributed by atoms with E-state index in [0.29, 0.717) is 22.8 Å². The van der Waals surface area contributed by atoms with Crippen molar-refractivity contribution in [3.8, 4) is 17.2 Å². The molecule has 0 heterocycles. The maximum absolute atomic E-state index is 13.0. The second kappa shape index (κ2) is 14.4. The first-order chi connectivity index (χ1) is 18.0. The first-order valence-corrected chi connectivity index (χ1v) is 12.4. The van der Waals surface area contributed by atoms with Gasteiger partial charge >= 0.3 is 12.1 Å². The molecular weight excluding hydrogens is 492 g/mol. The average Bonchev–Trinajstić information content (AvgIpc) is 2.87. The van der Waals surface area contributed by atoms with Crippen LogP contribution in [0.3, 0.4) is 0 Å². The van der Waals surface area contributed by atoms with E-state index in [0.717, 1.165) is 5.56 Å². The van der Waals surface area contributed by atoms with E-state index in [1.165, 1.54) is 21.3 Å². The fourth-order valence-electron chi connectivity index (χ4n) is 3.91. The molecule has 0 aromatic heterocycles. The molecule has 0 saturated heterocycles. The molecule has 38 heavy (non-hydrogen) atoms. The summed E-state index contributed by atoms with van der Waals surface area (Å²) in [5.41, 5.74) is 0.776. The summed E-state index contributed by atoms with van der Waals surface area (Å²) in [6, 6.07) is 10.8. The number of alkyl carbamates (subject to hydrolysis) is 1. The summed E-state index contributed by atoms with van der Waals surface area (Å²) in [5.74, 6) is 0.642. The third-order valence-corrected chi connectivity index (χ3v) is 5.59. The molecule has 0 fully saturated rings. The second-order valence-electron chi connectivity index (χ2n) is 9.54. The van der Waals surface area contributed by atoms with E-state index in [9.17, 15) is 14.7 Å². The van der Waals surface area contributed by atoms with Crippen LogP contribution in [-0.2, 0) is 27.2 Å². The van der Waals surface area contributed by atoms with Crippen molar-refractivity contribution in [1.29, 1.82) is 0 Å². The van der Waals surface area contributed by atoms with Gasteiger partial charge in [0.05, 0.1) is 34.0 Å². The Bertz CT molecular complexity index is 1040. The summed E-state index contributed by atoms with van der Waals surface area (Å²) < 4.78 is 27.0. The van der Waals surface area contributed by atoms with Gasteiger partial charge in [0.25, 0.3) is 0 Å². The van der Waals surface area contributed by atoms with Crippen LogP contribution < -0.4 is 24.8 Å². The lowest BCUT2D eigenvalue weighted by molar-refractivity contribution is -0.149. The van der Waals surface area contributed by atoms with Gasteiger partial charge in [-0.25, -0.2) is 4.79 Å². The van der Waals surface area contributed by atoms with Gasteiger partial charge in [-0.05, 0) is 45.7 Å². The molecule has 0 radical (unpaired) electrons. The normalized spacial score (nSPS) is 13.6. The van der Waals surface area contributed by atoms with Crippen molar-refractivity contribution in [3.63, 3.8) is 0 Å². The predicted molar refractivity (Wildman–Crippen MR) is 143 cm³/mol. The number of carbonyl (C=O) groups is 2. The van der Waals surface area contributed by atoms with Crippen molar-refractivity contribution in [2.75, 3.05) is 27.9 Å². The Hall–Kier alpha value is -3.50. The third kappa shape index (κ3) is 8.81. The monoisotopic (exact) mass is 532 g/mol. The zero-order valence-electron chi connectivity index (χ0n) is 23.2. The molecule has 1 amide bonds. The van der Waals surface area contributed by atoms with Crippen LogP contribution in [0.2, 0.25) is 0 Å². The fraction of sp³-hybridized carbons (Fsp3) is 0.500. The van der Waals surface area contributed by atoms with Gasteiger partial charge in [-0.2, -0.15) is 0 Å². The number of benzene rings is 2. The first kappa shape index (κ1) is 30.7. The number of methoxy groups -OCH3 is 3. The van der Waals surface area contributed by atoms with Crippen molar-refractivity contribution in [2.24, 2.45) is 0 Å². The van der Waals surface area contributed by atoms with Crippen LogP contribution in [0.4, 0.5) is 4.79 Å². The van der Waals surface area contributed by atoms with E-state index in [-0.39, 0.29) is 19.6 Å². The van der Waals surface area contributed by atoms with Gasteiger partial charge < -0.3 is 34.1 Å². The number of hydrogen-bond acceptors (Lipinski definition) is 9. The number of nitrogens with one attached hydrogen (secondary N) is 2. The van der Waals surface area contributed by atoms with Crippen molar-refractivity contribution >= 4 is 12.1 Å². The fourth-order valence-corrected chi connectivity index (χ4v) is 3.91. The highest BCUT2D eigenvalue weighted by molar-refractivity contribution is 5.77. The van der Waals surface area contributed by atoms with E-state index in [1.54, 1.807) is 39.8 Å². The molecule has 0 saturated carbocycles. The van der Waals surface area contributed by atoms with Gasteiger partial charge in [0.15, 0.2) is 11.5 Å². The van der Waals surface area contributed by atoms with Crippen molar-refractivity contribution in [2.45, 2.75) is 64.4 Å². The lowest BCUT2D eigenvalue weighted by atomic mass is 9.96. The molecule has 2 aromatic rings. The number of amides is 1. The van der Waals surface area contributed by atoms with E-state index in [1.807, 2.05) is 30.3 Å². The quantitative estimate of drug-likeness (QED) is 0.334. The highest BCUT2D eigenvalue weighted by Gasteiger charge is 2.36. The number of hydrogen-bond donors (Lipinski definition) is 3. The zero-order valence-corrected chi connectivity index (χ0v) is 23.2. The molecule has 0 aliphatic rings. The van der Waals surface area contributed by atoms with Crippen LogP contribution >= 0.6 is 0 Å². The molecule has 2 aromatic carbocycles. The maximum atomic E-state index is 13.0. The molecule has 3 atom stereocenters. The van der Waals surface area contributed by atoms with E-state index in [2.05, 4.69) is 10.6 Å². The summed E-state index contributed by atoms with van der Waals surface area (Å²) in [7, 11) is 4.52. The van der Waals surface area contributed by atoms with E-state index in [4.69, 9.17) is 23.7 Å². The number of ether oxygens (including phenoxy) is 5. The Morgan fingerprint density at radius 1 is 0.947 bits per heavy atom.